The maximum Gasteiger partial charge on any atom is 0.236 e. The zero-order valence-electron chi connectivity index (χ0n) is 17.9. The summed E-state index contributed by atoms with van der Waals surface area (Å²) in [6.07, 6.45) is 7.68. The van der Waals surface area contributed by atoms with Crippen LogP contribution >= 0.6 is 0 Å². The van der Waals surface area contributed by atoms with Gasteiger partial charge in [-0.3, -0.25) is 14.5 Å². The molecule has 0 radical (unpaired) electrons. The molecule has 1 aliphatic heterocycles. The Morgan fingerprint density at radius 2 is 1.86 bits per heavy atom. The van der Waals surface area contributed by atoms with Gasteiger partial charge in [-0.25, -0.2) is 0 Å². The van der Waals surface area contributed by atoms with Crippen LogP contribution in [0.5, 0.6) is 5.75 Å². The van der Waals surface area contributed by atoms with Gasteiger partial charge in [0, 0.05) is 25.6 Å². The van der Waals surface area contributed by atoms with Crippen molar-refractivity contribution < 1.29 is 14.3 Å². The van der Waals surface area contributed by atoms with Crippen molar-refractivity contribution in [3.8, 4) is 5.75 Å². The summed E-state index contributed by atoms with van der Waals surface area (Å²) in [5.41, 5.74) is 1.05. The SMILES string of the molecule is COc1cccc(CN(C)C(=O)CN2CCC(C(=O)NC3CCCCC3)CC2)c1. The van der Waals surface area contributed by atoms with Gasteiger partial charge in [0.25, 0.3) is 0 Å². The van der Waals surface area contributed by atoms with E-state index in [4.69, 9.17) is 4.74 Å². The van der Waals surface area contributed by atoms with E-state index in [1.807, 2.05) is 31.3 Å². The quantitative estimate of drug-likeness (QED) is 0.763. The summed E-state index contributed by atoms with van der Waals surface area (Å²) in [6, 6.07) is 8.18. The Kier molecular flexibility index (Phi) is 7.92. The van der Waals surface area contributed by atoms with Crippen molar-refractivity contribution in [1.82, 2.24) is 15.1 Å². The molecule has 29 heavy (non-hydrogen) atoms. The fourth-order valence-corrected chi connectivity index (χ4v) is 4.36. The lowest BCUT2D eigenvalue weighted by Crippen LogP contribution is -2.46. The van der Waals surface area contributed by atoms with Crippen LogP contribution in [0.25, 0.3) is 0 Å². The van der Waals surface area contributed by atoms with Crippen molar-refractivity contribution in [3.05, 3.63) is 29.8 Å². The van der Waals surface area contributed by atoms with Gasteiger partial charge in [-0.1, -0.05) is 31.4 Å². The van der Waals surface area contributed by atoms with E-state index < -0.39 is 0 Å². The van der Waals surface area contributed by atoms with E-state index in [9.17, 15) is 9.59 Å². The molecule has 6 nitrogen and oxygen atoms in total. The number of hydrogen-bond donors (Lipinski definition) is 1. The van der Waals surface area contributed by atoms with E-state index in [0.717, 1.165) is 50.1 Å². The minimum atomic E-state index is 0.0952. The maximum atomic E-state index is 12.6. The summed E-state index contributed by atoms with van der Waals surface area (Å²) in [5, 5.41) is 3.26. The summed E-state index contributed by atoms with van der Waals surface area (Å²) in [4.78, 5) is 29.1. The molecule has 0 aromatic heterocycles. The van der Waals surface area contributed by atoms with Crippen LogP contribution in [0.3, 0.4) is 0 Å². The molecule has 2 aliphatic rings. The van der Waals surface area contributed by atoms with Crippen molar-refractivity contribution in [3.63, 3.8) is 0 Å². The molecule has 1 aromatic rings. The van der Waals surface area contributed by atoms with Crippen LogP contribution in [0.15, 0.2) is 24.3 Å². The number of rotatable bonds is 7. The third-order valence-electron chi connectivity index (χ3n) is 6.25. The van der Waals surface area contributed by atoms with E-state index in [1.165, 1.54) is 19.3 Å². The number of ether oxygens (including phenoxy) is 1. The maximum absolute atomic E-state index is 12.6. The van der Waals surface area contributed by atoms with Gasteiger partial charge in [-0.15, -0.1) is 0 Å². The zero-order valence-corrected chi connectivity index (χ0v) is 17.9. The van der Waals surface area contributed by atoms with Gasteiger partial charge >= 0.3 is 0 Å². The van der Waals surface area contributed by atoms with Gasteiger partial charge < -0.3 is 15.0 Å². The lowest BCUT2D eigenvalue weighted by Gasteiger charge is -2.33. The summed E-state index contributed by atoms with van der Waals surface area (Å²) >= 11 is 0. The molecule has 1 aromatic carbocycles. The number of amides is 2. The third-order valence-corrected chi connectivity index (χ3v) is 6.25. The Balaban J connectivity index is 1.40. The largest absolute Gasteiger partial charge is 0.497 e. The second kappa shape index (κ2) is 10.6. The van der Waals surface area contributed by atoms with E-state index in [0.29, 0.717) is 19.1 Å². The van der Waals surface area contributed by atoms with Crippen molar-refractivity contribution in [1.29, 1.82) is 0 Å². The summed E-state index contributed by atoms with van der Waals surface area (Å²) in [7, 11) is 3.49. The minimum Gasteiger partial charge on any atom is -0.497 e. The molecule has 3 rings (SSSR count). The Labute approximate surface area is 174 Å². The molecule has 6 heteroatoms. The van der Waals surface area contributed by atoms with E-state index in [-0.39, 0.29) is 17.7 Å². The monoisotopic (exact) mass is 401 g/mol. The molecule has 0 atom stereocenters. The first-order chi connectivity index (χ1) is 14.0. The smallest absolute Gasteiger partial charge is 0.236 e. The minimum absolute atomic E-state index is 0.0952. The van der Waals surface area contributed by atoms with Crippen LogP contribution in [0.1, 0.15) is 50.5 Å². The first kappa shape index (κ1) is 21.6. The molecule has 0 unspecified atom stereocenters. The fraction of sp³-hybridized carbons (Fsp3) is 0.652. The number of carbonyl (C=O) groups excluding carboxylic acids is 2. The molecule has 1 aliphatic carbocycles. The second-order valence-electron chi connectivity index (χ2n) is 8.50. The van der Waals surface area contributed by atoms with Crippen LogP contribution in [-0.4, -0.2) is 61.4 Å². The zero-order chi connectivity index (χ0) is 20.6. The molecule has 1 saturated carbocycles. The molecule has 0 bridgehead atoms. The second-order valence-corrected chi connectivity index (χ2v) is 8.50. The number of methoxy groups -OCH3 is 1. The van der Waals surface area contributed by atoms with Crippen molar-refractivity contribution in [2.75, 3.05) is 33.8 Å². The molecular weight excluding hydrogens is 366 g/mol. The highest BCUT2D eigenvalue weighted by atomic mass is 16.5. The molecule has 1 heterocycles. The van der Waals surface area contributed by atoms with E-state index >= 15 is 0 Å². The fourth-order valence-electron chi connectivity index (χ4n) is 4.36. The number of nitrogens with zero attached hydrogens (tertiary/aromatic N) is 2. The highest BCUT2D eigenvalue weighted by Crippen LogP contribution is 2.21. The van der Waals surface area contributed by atoms with Crippen molar-refractivity contribution in [2.24, 2.45) is 5.92 Å². The first-order valence-electron chi connectivity index (χ1n) is 10.9. The first-order valence-corrected chi connectivity index (χ1v) is 10.9. The summed E-state index contributed by atoms with van der Waals surface area (Å²) in [6.45, 7) is 2.59. The number of hydrogen-bond acceptors (Lipinski definition) is 4. The number of carbonyl (C=O) groups is 2. The lowest BCUT2D eigenvalue weighted by atomic mass is 9.92. The Morgan fingerprint density at radius 3 is 2.55 bits per heavy atom. The Bertz CT molecular complexity index is 680. The highest BCUT2D eigenvalue weighted by molar-refractivity contribution is 5.79. The predicted molar refractivity (Wildman–Crippen MR) is 114 cm³/mol. The van der Waals surface area contributed by atoms with Gasteiger partial charge in [-0.05, 0) is 56.5 Å². The van der Waals surface area contributed by atoms with Gasteiger partial charge in [0.2, 0.25) is 11.8 Å². The Morgan fingerprint density at radius 1 is 1.14 bits per heavy atom. The van der Waals surface area contributed by atoms with Crippen molar-refractivity contribution in [2.45, 2.75) is 57.5 Å². The number of nitrogens with one attached hydrogen (secondary N) is 1. The summed E-state index contributed by atoms with van der Waals surface area (Å²) in [5.74, 6) is 1.23. The molecule has 1 saturated heterocycles. The third kappa shape index (κ3) is 6.46. The molecule has 2 amide bonds. The van der Waals surface area contributed by atoms with Gasteiger partial charge in [0.15, 0.2) is 0 Å². The number of benzene rings is 1. The van der Waals surface area contributed by atoms with Gasteiger partial charge in [0.05, 0.1) is 13.7 Å². The molecular formula is C23H35N3O3. The van der Waals surface area contributed by atoms with Gasteiger partial charge in [0.1, 0.15) is 5.75 Å². The van der Waals surface area contributed by atoms with Crippen LogP contribution in [0.4, 0.5) is 0 Å². The standard InChI is InChI=1S/C23H35N3O3/c1-25(16-18-7-6-10-21(15-18)29-2)22(27)17-26-13-11-19(12-14-26)23(28)24-20-8-4-3-5-9-20/h6-7,10,15,19-20H,3-5,8-9,11-14,16-17H2,1-2H3,(H,24,28). The molecule has 160 valence electrons. The lowest BCUT2D eigenvalue weighted by molar-refractivity contribution is -0.132. The topological polar surface area (TPSA) is 61.9 Å². The van der Waals surface area contributed by atoms with Crippen LogP contribution in [0.2, 0.25) is 0 Å². The normalized spacial score (nSPS) is 19.0. The molecule has 0 spiro atoms. The molecule has 2 fully saturated rings. The van der Waals surface area contributed by atoms with Gasteiger partial charge in [-0.2, -0.15) is 0 Å². The number of piperidine rings is 1. The Hall–Kier alpha value is -2.08. The number of likely N-dealkylation sites (tertiary alicyclic amines) is 1. The van der Waals surface area contributed by atoms with Crippen molar-refractivity contribution >= 4 is 11.8 Å². The summed E-state index contributed by atoms with van der Waals surface area (Å²) < 4.78 is 5.25. The van der Waals surface area contributed by atoms with Crippen LogP contribution < -0.4 is 10.1 Å². The molecule has 1 N–H and O–H groups in total. The van der Waals surface area contributed by atoms with Crippen LogP contribution in [0, 0.1) is 5.92 Å². The number of likely N-dealkylation sites (N-methyl/N-ethyl adjacent to an activating group) is 1. The van der Waals surface area contributed by atoms with E-state index in [1.54, 1.807) is 12.0 Å². The average Bonchev–Trinajstić information content (AvgIpc) is 2.75. The van der Waals surface area contributed by atoms with E-state index in [2.05, 4.69) is 10.2 Å². The van der Waals surface area contributed by atoms with Crippen LogP contribution in [-0.2, 0) is 16.1 Å². The highest BCUT2D eigenvalue weighted by Gasteiger charge is 2.28. The predicted octanol–water partition coefficient (Wildman–Crippen LogP) is 2.81. The average molecular weight is 402 g/mol.